The Balaban J connectivity index is 1.75. The van der Waals surface area contributed by atoms with Crippen LogP contribution >= 0.6 is 0 Å². The first-order chi connectivity index (χ1) is 13.2. The molecule has 0 aliphatic heterocycles. The number of carbonyl (C=O) groups is 2. The molecule has 134 valence electrons. The van der Waals surface area contributed by atoms with E-state index in [1.54, 1.807) is 60.7 Å². The van der Waals surface area contributed by atoms with Crippen LogP contribution in [-0.4, -0.2) is 18.9 Å². The quantitative estimate of drug-likeness (QED) is 0.275. The van der Waals surface area contributed by atoms with Crippen molar-refractivity contribution in [3.8, 4) is 11.5 Å². The highest BCUT2D eigenvalue weighted by Crippen LogP contribution is 2.29. The number of esters is 1. The van der Waals surface area contributed by atoms with Gasteiger partial charge in [0.1, 0.15) is 0 Å². The average molecular weight is 358 g/mol. The zero-order chi connectivity index (χ0) is 19.1. The number of benzene rings is 3. The number of ether oxygens (including phenoxy) is 2. The Kier molecular flexibility index (Phi) is 5.80. The summed E-state index contributed by atoms with van der Waals surface area (Å²) in [4.78, 5) is 24.4. The summed E-state index contributed by atoms with van der Waals surface area (Å²) in [6.07, 6.45) is 3.19. The minimum atomic E-state index is -0.462. The maximum absolute atomic E-state index is 12.2. The number of carbonyl (C=O) groups excluding carboxylic acids is 2. The Labute approximate surface area is 157 Å². The van der Waals surface area contributed by atoms with E-state index in [1.165, 1.54) is 13.2 Å². The van der Waals surface area contributed by atoms with E-state index in [-0.39, 0.29) is 5.78 Å². The number of hydrogen-bond donors (Lipinski definition) is 0. The van der Waals surface area contributed by atoms with Gasteiger partial charge in [0.15, 0.2) is 17.3 Å². The van der Waals surface area contributed by atoms with Crippen molar-refractivity contribution >= 4 is 17.8 Å². The molecule has 3 rings (SSSR count). The summed E-state index contributed by atoms with van der Waals surface area (Å²) < 4.78 is 10.7. The molecule has 27 heavy (non-hydrogen) atoms. The fraction of sp³-hybridized carbons (Fsp3) is 0.0435. The zero-order valence-corrected chi connectivity index (χ0v) is 14.8. The lowest BCUT2D eigenvalue weighted by Crippen LogP contribution is -2.09. The maximum Gasteiger partial charge on any atom is 0.343 e. The van der Waals surface area contributed by atoms with Crippen molar-refractivity contribution in [1.82, 2.24) is 0 Å². The number of methoxy groups -OCH3 is 1. The van der Waals surface area contributed by atoms with Crippen molar-refractivity contribution in [2.24, 2.45) is 0 Å². The highest BCUT2D eigenvalue weighted by atomic mass is 16.6. The molecule has 0 radical (unpaired) electrons. The predicted octanol–water partition coefficient (Wildman–Crippen LogP) is 4.81. The van der Waals surface area contributed by atoms with Crippen LogP contribution in [-0.2, 0) is 0 Å². The smallest absolute Gasteiger partial charge is 0.343 e. The second-order valence-corrected chi connectivity index (χ2v) is 5.73. The highest BCUT2D eigenvalue weighted by molar-refractivity contribution is 6.06. The second-order valence-electron chi connectivity index (χ2n) is 5.73. The fourth-order valence-corrected chi connectivity index (χ4v) is 2.48. The first kappa shape index (κ1) is 18.1. The number of ketones is 1. The van der Waals surface area contributed by atoms with Crippen LogP contribution in [0.2, 0.25) is 0 Å². The van der Waals surface area contributed by atoms with Gasteiger partial charge in [0.25, 0.3) is 0 Å². The third-order valence-electron chi connectivity index (χ3n) is 3.89. The van der Waals surface area contributed by atoms with Gasteiger partial charge in [-0.25, -0.2) is 4.79 Å². The number of hydrogen-bond acceptors (Lipinski definition) is 4. The standard InChI is InChI=1S/C23H18O4/c1-26-22-16-17(12-14-20(24)18-8-4-2-5-9-18)13-15-21(22)27-23(25)19-10-6-3-7-11-19/h2-16H,1H3. The highest BCUT2D eigenvalue weighted by Gasteiger charge is 2.12. The van der Waals surface area contributed by atoms with Gasteiger partial charge in [-0.2, -0.15) is 0 Å². The van der Waals surface area contributed by atoms with E-state index in [4.69, 9.17) is 9.47 Å². The zero-order valence-electron chi connectivity index (χ0n) is 14.8. The molecule has 0 aromatic heterocycles. The Morgan fingerprint density at radius 3 is 2.04 bits per heavy atom. The molecule has 3 aromatic carbocycles. The Bertz CT molecular complexity index is 960. The van der Waals surface area contributed by atoms with Gasteiger partial charge in [0, 0.05) is 5.56 Å². The third kappa shape index (κ3) is 4.70. The molecule has 0 bridgehead atoms. The molecule has 0 aliphatic carbocycles. The van der Waals surface area contributed by atoms with Crippen LogP contribution in [0, 0.1) is 0 Å². The van der Waals surface area contributed by atoms with Gasteiger partial charge >= 0.3 is 5.97 Å². The van der Waals surface area contributed by atoms with Gasteiger partial charge in [-0.05, 0) is 35.9 Å². The lowest BCUT2D eigenvalue weighted by atomic mass is 10.1. The summed E-state index contributed by atoms with van der Waals surface area (Å²) in [5.41, 5.74) is 1.83. The molecule has 4 heteroatoms. The van der Waals surface area contributed by atoms with E-state index in [1.807, 2.05) is 24.3 Å². The summed E-state index contributed by atoms with van der Waals surface area (Å²) in [5.74, 6) is 0.178. The van der Waals surface area contributed by atoms with Crippen molar-refractivity contribution in [3.63, 3.8) is 0 Å². The van der Waals surface area contributed by atoms with Crippen LogP contribution in [0.15, 0.2) is 84.9 Å². The van der Waals surface area contributed by atoms with Crippen molar-refractivity contribution < 1.29 is 19.1 Å². The van der Waals surface area contributed by atoms with Crippen molar-refractivity contribution in [2.45, 2.75) is 0 Å². The van der Waals surface area contributed by atoms with E-state index in [0.29, 0.717) is 22.6 Å². The molecule has 0 saturated heterocycles. The van der Waals surface area contributed by atoms with Crippen LogP contribution in [0.25, 0.3) is 6.08 Å². The lowest BCUT2D eigenvalue weighted by Gasteiger charge is -2.10. The van der Waals surface area contributed by atoms with Crippen LogP contribution in [0.4, 0.5) is 0 Å². The fourth-order valence-electron chi connectivity index (χ4n) is 2.48. The van der Waals surface area contributed by atoms with Crippen molar-refractivity contribution in [3.05, 3.63) is 102 Å². The molecule has 0 atom stereocenters. The molecule has 0 unspecified atom stereocenters. The van der Waals surface area contributed by atoms with E-state index in [9.17, 15) is 9.59 Å². The van der Waals surface area contributed by atoms with E-state index in [0.717, 1.165) is 5.56 Å². The normalized spacial score (nSPS) is 10.6. The Morgan fingerprint density at radius 1 is 0.778 bits per heavy atom. The van der Waals surface area contributed by atoms with Gasteiger partial charge in [-0.15, -0.1) is 0 Å². The summed E-state index contributed by atoms with van der Waals surface area (Å²) >= 11 is 0. The third-order valence-corrected chi connectivity index (χ3v) is 3.89. The van der Waals surface area contributed by atoms with Gasteiger partial charge in [0.05, 0.1) is 12.7 Å². The van der Waals surface area contributed by atoms with E-state index in [2.05, 4.69) is 0 Å². The van der Waals surface area contributed by atoms with Crippen LogP contribution in [0.1, 0.15) is 26.3 Å². The van der Waals surface area contributed by atoms with Crippen LogP contribution in [0.5, 0.6) is 11.5 Å². The van der Waals surface area contributed by atoms with Gasteiger partial charge in [-0.3, -0.25) is 4.79 Å². The predicted molar refractivity (Wildman–Crippen MR) is 104 cm³/mol. The summed E-state index contributed by atoms with van der Waals surface area (Å²) in [7, 11) is 1.50. The van der Waals surface area contributed by atoms with Crippen LogP contribution < -0.4 is 9.47 Å². The summed E-state index contributed by atoms with van der Waals surface area (Å²) in [6.45, 7) is 0. The molecule has 0 spiro atoms. The first-order valence-corrected chi connectivity index (χ1v) is 8.40. The monoisotopic (exact) mass is 358 g/mol. The average Bonchev–Trinajstić information content (AvgIpc) is 2.74. The molecular formula is C23H18O4. The minimum Gasteiger partial charge on any atom is -0.493 e. The lowest BCUT2D eigenvalue weighted by molar-refractivity contribution is 0.0729. The molecule has 4 nitrogen and oxygen atoms in total. The topological polar surface area (TPSA) is 52.6 Å². The van der Waals surface area contributed by atoms with Crippen LogP contribution in [0.3, 0.4) is 0 Å². The number of rotatable bonds is 6. The molecule has 0 amide bonds. The van der Waals surface area contributed by atoms with E-state index < -0.39 is 5.97 Å². The van der Waals surface area contributed by atoms with Gasteiger partial charge in [0.2, 0.25) is 0 Å². The first-order valence-electron chi connectivity index (χ1n) is 8.40. The molecule has 0 N–H and O–H groups in total. The molecule has 3 aromatic rings. The molecular weight excluding hydrogens is 340 g/mol. The number of allylic oxidation sites excluding steroid dienone is 1. The van der Waals surface area contributed by atoms with Crippen molar-refractivity contribution in [1.29, 1.82) is 0 Å². The minimum absolute atomic E-state index is 0.0888. The maximum atomic E-state index is 12.2. The second kappa shape index (κ2) is 8.63. The summed E-state index contributed by atoms with van der Waals surface area (Å²) in [5, 5.41) is 0. The largest absolute Gasteiger partial charge is 0.493 e. The Hall–Kier alpha value is -3.66. The molecule has 0 fully saturated rings. The molecule has 0 aliphatic rings. The SMILES string of the molecule is COc1cc(C=CC(=O)c2ccccc2)ccc1OC(=O)c1ccccc1. The van der Waals surface area contributed by atoms with E-state index >= 15 is 0 Å². The van der Waals surface area contributed by atoms with Gasteiger partial charge in [-0.1, -0.05) is 60.7 Å². The van der Waals surface area contributed by atoms with Gasteiger partial charge < -0.3 is 9.47 Å². The molecule has 0 saturated carbocycles. The molecule has 0 heterocycles. The summed E-state index contributed by atoms with van der Waals surface area (Å²) in [6, 6.07) is 22.9. The Morgan fingerprint density at radius 2 is 1.41 bits per heavy atom. The van der Waals surface area contributed by atoms with Crippen molar-refractivity contribution in [2.75, 3.05) is 7.11 Å².